The van der Waals surface area contributed by atoms with Gasteiger partial charge in [-0.2, -0.15) is 0 Å². The van der Waals surface area contributed by atoms with Crippen molar-refractivity contribution in [1.29, 1.82) is 0 Å². The smallest absolute Gasteiger partial charge is 0.203 e. The Labute approximate surface area is 137 Å². The standard InChI is InChI=1S/C19H24O4/c1-13-5-8-15(9-6-13)16(20)10-7-14-11-17(21-2)19(23-4)18(12-14)22-3/h5-6,8-9,11-12,16,20H,7,10H2,1-4H3/t16-/m1/s1. The minimum absolute atomic E-state index is 0.491. The summed E-state index contributed by atoms with van der Waals surface area (Å²) in [5.74, 6) is 1.84. The Hall–Kier alpha value is -2.20. The number of hydrogen-bond acceptors (Lipinski definition) is 4. The molecule has 2 aromatic rings. The Bertz CT molecular complexity index is 609. The molecule has 0 aliphatic heterocycles. The van der Waals surface area contributed by atoms with Gasteiger partial charge in [0.1, 0.15) is 0 Å². The van der Waals surface area contributed by atoms with Crippen LogP contribution in [0.1, 0.15) is 29.2 Å². The van der Waals surface area contributed by atoms with Gasteiger partial charge in [-0.3, -0.25) is 0 Å². The zero-order valence-electron chi connectivity index (χ0n) is 14.1. The van der Waals surface area contributed by atoms with Crippen LogP contribution < -0.4 is 14.2 Å². The largest absolute Gasteiger partial charge is 0.493 e. The predicted octanol–water partition coefficient (Wildman–Crippen LogP) is 3.69. The van der Waals surface area contributed by atoms with Gasteiger partial charge in [-0.15, -0.1) is 0 Å². The van der Waals surface area contributed by atoms with Gasteiger partial charge in [-0.25, -0.2) is 0 Å². The van der Waals surface area contributed by atoms with Crippen molar-refractivity contribution in [3.05, 3.63) is 53.1 Å². The van der Waals surface area contributed by atoms with Crippen LogP contribution in [0.4, 0.5) is 0 Å². The van der Waals surface area contributed by atoms with Gasteiger partial charge >= 0.3 is 0 Å². The summed E-state index contributed by atoms with van der Waals surface area (Å²) in [6, 6.07) is 11.8. The summed E-state index contributed by atoms with van der Waals surface area (Å²) < 4.78 is 16.0. The van der Waals surface area contributed by atoms with Crippen LogP contribution in [0.5, 0.6) is 17.2 Å². The number of hydrogen-bond donors (Lipinski definition) is 1. The topological polar surface area (TPSA) is 47.9 Å². The highest BCUT2D eigenvalue weighted by atomic mass is 16.5. The quantitative estimate of drug-likeness (QED) is 0.846. The van der Waals surface area contributed by atoms with Crippen molar-refractivity contribution in [3.8, 4) is 17.2 Å². The summed E-state index contributed by atoms with van der Waals surface area (Å²) in [6.07, 6.45) is 0.850. The average molecular weight is 316 g/mol. The van der Waals surface area contributed by atoms with Gasteiger partial charge in [-0.05, 0) is 43.0 Å². The van der Waals surface area contributed by atoms with Crippen molar-refractivity contribution in [2.75, 3.05) is 21.3 Å². The lowest BCUT2D eigenvalue weighted by Gasteiger charge is -2.15. The van der Waals surface area contributed by atoms with Crippen LogP contribution >= 0.6 is 0 Å². The highest BCUT2D eigenvalue weighted by Crippen LogP contribution is 2.38. The second kappa shape index (κ2) is 7.88. The van der Waals surface area contributed by atoms with Gasteiger partial charge in [0.15, 0.2) is 11.5 Å². The van der Waals surface area contributed by atoms with E-state index in [-0.39, 0.29) is 0 Å². The highest BCUT2D eigenvalue weighted by Gasteiger charge is 2.14. The number of aliphatic hydroxyl groups excluding tert-OH is 1. The Balaban J connectivity index is 2.12. The van der Waals surface area contributed by atoms with Crippen molar-refractivity contribution < 1.29 is 19.3 Å². The fraction of sp³-hybridized carbons (Fsp3) is 0.368. The van der Waals surface area contributed by atoms with E-state index in [1.807, 2.05) is 43.3 Å². The molecule has 0 heterocycles. The van der Waals surface area contributed by atoms with E-state index in [0.29, 0.717) is 30.1 Å². The van der Waals surface area contributed by atoms with Gasteiger partial charge in [0, 0.05) is 0 Å². The van der Waals surface area contributed by atoms with Crippen molar-refractivity contribution in [2.45, 2.75) is 25.9 Å². The van der Waals surface area contributed by atoms with Crippen LogP contribution in [0.25, 0.3) is 0 Å². The molecule has 1 N–H and O–H groups in total. The fourth-order valence-electron chi connectivity index (χ4n) is 2.54. The second-order valence-corrected chi connectivity index (χ2v) is 5.50. The molecule has 2 aromatic carbocycles. The molecule has 0 aliphatic rings. The lowest BCUT2D eigenvalue weighted by molar-refractivity contribution is 0.167. The molecule has 23 heavy (non-hydrogen) atoms. The zero-order valence-corrected chi connectivity index (χ0v) is 14.1. The van der Waals surface area contributed by atoms with Crippen LogP contribution in [0.3, 0.4) is 0 Å². The number of methoxy groups -OCH3 is 3. The van der Waals surface area contributed by atoms with Gasteiger partial charge in [-0.1, -0.05) is 29.8 Å². The number of aryl methyl sites for hydroxylation is 2. The van der Waals surface area contributed by atoms with E-state index in [9.17, 15) is 5.11 Å². The lowest BCUT2D eigenvalue weighted by Crippen LogP contribution is -2.01. The van der Waals surface area contributed by atoms with E-state index in [2.05, 4.69) is 0 Å². The lowest BCUT2D eigenvalue weighted by atomic mass is 10.00. The molecule has 0 spiro atoms. The maximum atomic E-state index is 10.3. The minimum atomic E-state index is -0.491. The first-order chi connectivity index (χ1) is 11.1. The van der Waals surface area contributed by atoms with E-state index >= 15 is 0 Å². The first kappa shape index (κ1) is 17.2. The summed E-state index contributed by atoms with van der Waals surface area (Å²) in [4.78, 5) is 0. The molecule has 0 aromatic heterocycles. The van der Waals surface area contributed by atoms with Crippen LogP contribution in [-0.2, 0) is 6.42 Å². The third-order valence-corrected chi connectivity index (χ3v) is 3.89. The van der Waals surface area contributed by atoms with Crippen molar-refractivity contribution in [2.24, 2.45) is 0 Å². The van der Waals surface area contributed by atoms with Gasteiger partial charge in [0.05, 0.1) is 27.4 Å². The second-order valence-electron chi connectivity index (χ2n) is 5.50. The summed E-state index contributed by atoms with van der Waals surface area (Å²) >= 11 is 0. The molecule has 4 nitrogen and oxygen atoms in total. The molecule has 0 amide bonds. The molecule has 2 rings (SSSR count). The average Bonchev–Trinajstić information content (AvgIpc) is 2.59. The number of benzene rings is 2. The van der Waals surface area contributed by atoms with E-state index < -0.39 is 6.10 Å². The summed E-state index contributed by atoms with van der Waals surface area (Å²) in [5, 5.41) is 10.3. The van der Waals surface area contributed by atoms with Gasteiger partial charge < -0.3 is 19.3 Å². The Kier molecular flexibility index (Phi) is 5.88. The van der Waals surface area contributed by atoms with E-state index in [1.54, 1.807) is 21.3 Å². The van der Waals surface area contributed by atoms with E-state index in [0.717, 1.165) is 11.1 Å². The van der Waals surface area contributed by atoms with Crippen LogP contribution in [0.2, 0.25) is 0 Å². The highest BCUT2D eigenvalue weighted by molar-refractivity contribution is 5.53. The first-order valence-corrected chi connectivity index (χ1v) is 7.62. The summed E-state index contributed by atoms with van der Waals surface area (Å²) in [6.45, 7) is 2.03. The molecule has 0 saturated carbocycles. The maximum absolute atomic E-state index is 10.3. The monoisotopic (exact) mass is 316 g/mol. The first-order valence-electron chi connectivity index (χ1n) is 7.62. The summed E-state index contributed by atoms with van der Waals surface area (Å²) in [5.41, 5.74) is 3.15. The Morgan fingerprint density at radius 3 is 1.96 bits per heavy atom. The molecule has 4 heteroatoms. The zero-order chi connectivity index (χ0) is 16.8. The molecule has 0 aliphatic carbocycles. The van der Waals surface area contributed by atoms with Crippen LogP contribution in [0.15, 0.2) is 36.4 Å². The van der Waals surface area contributed by atoms with E-state index in [4.69, 9.17) is 14.2 Å². The number of ether oxygens (including phenoxy) is 3. The summed E-state index contributed by atoms with van der Waals surface area (Å²) in [7, 11) is 4.78. The van der Waals surface area contributed by atoms with Crippen molar-refractivity contribution in [3.63, 3.8) is 0 Å². The Morgan fingerprint density at radius 2 is 1.48 bits per heavy atom. The minimum Gasteiger partial charge on any atom is -0.493 e. The predicted molar refractivity (Wildman–Crippen MR) is 90.6 cm³/mol. The third kappa shape index (κ3) is 4.17. The van der Waals surface area contributed by atoms with Crippen molar-refractivity contribution in [1.82, 2.24) is 0 Å². The normalized spacial score (nSPS) is 11.9. The van der Waals surface area contributed by atoms with Crippen LogP contribution in [0, 0.1) is 6.92 Å². The molecule has 0 fully saturated rings. The molecular weight excluding hydrogens is 292 g/mol. The number of aliphatic hydroxyl groups is 1. The Morgan fingerprint density at radius 1 is 0.913 bits per heavy atom. The molecule has 0 unspecified atom stereocenters. The molecule has 0 radical (unpaired) electrons. The molecule has 1 atom stereocenters. The van der Waals surface area contributed by atoms with Gasteiger partial charge in [0.25, 0.3) is 0 Å². The van der Waals surface area contributed by atoms with Crippen LogP contribution in [-0.4, -0.2) is 26.4 Å². The maximum Gasteiger partial charge on any atom is 0.203 e. The molecule has 0 bridgehead atoms. The number of rotatable bonds is 7. The third-order valence-electron chi connectivity index (χ3n) is 3.89. The van der Waals surface area contributed by atoms with Gasteiger partial charge in [0.2, 0.25) is 5.75 Å². The molecule has 124 valence electrons. The molecule has 0 saturated heterocycles. The SMILES string of the molecule is COc1cc(CC[C@@H](O)c2ccc(C)cc2)cc(OC)c1OC. The fourth-order valence-corrected chi connectivity index (χ4v) is 2.54. The van der Waals surface area contributed by atoms with Crippen molar-refractivity contribution >= 4 is 0 Å². The van der Waals surface area contributed by atoms with E-state index in [1.165, 1.54) is 5.56 Å². The molecular formula is C19H24O4.